The van der Waals surface area contributed by atoms with E-state index >= 15 is 0 Å². The molecule has 0 radical (unpaired) electrons. The van der Waals surface area contributed by atoms with E-state index in [9.17, 15) is 19.2 Å². The van der Waals surface area contributed by atoms with E-state index in [1.165, 1.54) is 0 Å². The molecule has 2 aliphatic heterocycles. The highest BCUT2D eigenvalue weighted by atomic mass is 79.9. The minimum Gasteiger partial charge on any atom is -0.292 e. The zero-order chi connectivity index (χ0) is 25.2. The van der Waals surface area contributed by atoms with Gasteiger partial charge in [-0.1, -0.05) is 76.6 Å². The van der Waals surface area contributed by atoms with Crippen molar-refractivity contribution in [2.45, 2.75) is 13.0 Å². The Morgan fingerprint density at radius 3 is 2.19 bits per heavy atom. The quantitative estimate of drug-likeness (QED) is 0.374. The molecule has 36 heavy (non-hydrogen) atoms. The van der Waals surface area contributed by atoms with Crippen molar-refractivity contribution in [3.63, 3.8) is 0 Å². The van der Waals surface area contributed by atoms with Crippen LogP contribution in [-0.2, 0) is 22.7 Å². The Bertz CT molecular complexity index is 1510. The van der Waals surface area contributed by atoms with Crippen molar-refractivity contribution in [2.75, 3.05) is 0 Å². The fraction of sp³-hybridized carbons (Fsp3) is 0.0714. The molecule has 0 saturated heterocycles. The first kappa shape index (κ1) is 23.6. The van der Waals surface area contributed by atoms with Crippen molar-refractivity contribution < 1.29 is 24.0 Å². The number of hydrogen-bond acceptors (Lipinski definition) is 5. The van der Waals surface area contributed by atoms with E-state index in [0.717, 1.165) is 26.0 Å². The highest BCUT2D eigenvalue weighted by Crippen LogP contribution is 2.34. The molecule has 4 aromatic carbocycles. The number of carbonyl (C=O) groups excluding carboxylic acids is 4. The molecule has 0 unspecified atom stereocenters. The van der Waals surface area contributed by atoms with E-state index in [2.05, 4.69) is 21.2 Å². The number of fused-ring (bicyclic) bond motifs is 1. The predicted molar refractivity (Wildman–Crippen MR) is 136 cm³/mol. The van der Waals surface area contributed by atoms with Gasteiger partial charge in [-0.25, -0.2) is 0 Å². The molecular formula is C28H19BrN2O5. The molecule has 7 nitrogen and oxygen atoms in total. The molecule has 178 valence electrons. The minimum atomic E-state index is -0.438. The first-order valence-electron chi connectivity index (χ1n) is 11.1. The summed E-state index contributed by atoms with van der Waals surface area (Å²) in [7, 11) is 0. The van der Waals surface area contributed by atoms with Gasteiger partial charge < -0.3 is 0 Å². The summed E-state index contributed by atoms with van der Waals surface area (Å²) >= 11 is 3.47. The van der Waals surface area contributed by atoms with Crippen LogP contribution < -0.4 is 5.32 Å². The molecule has 0 saturated carbocycles. The van der Waals surface area contributed by atoms with E-state index in [-0.39, 0.29) is 18.4 Å². The summed E-state index contributed by atoms with van der Waals surface area (Å²) in [5.74, 6) is -1.39. The largest absolute Gasteiger partial charge is 0.292 e. The number of amides is 4. The standard InChI is InChI=1S/C19H12BrNO3.C9H7NO2/c20-16-10-9-15-17-13(16)7-4-8-14(17)18(22)21(19(15)23)24-11-12-5-2-1-3-6-12;11-8-5-6-3-1-2-4-7(6)9(12)10-8/h1-10H,11H2;1-4H,5H2,(H,10,11,12). The lowest BCUT2D eigenvalue weighted by atomic mass is 9.95. The maximum atomic E-state index is 12.7. The predicted octanol–water partition coefficient (Wildman–Crippen LogP) is 4.83. The molecule has 0 bridgehead atoms. The number of rotatable bonds is 3. The van der Waals surface area contributed by atoms with Gasteiger partial charge >= 0.3 is 0 Å². The molecule has 4 amide bonds. The molecule has 2 heterocycles. The Hall–Kier alpha value is -4.14. The van der Waals surface area contributed by atoms with Crippen molar-refractivity contribution in [2.24, 2.45) is 0 Å². The van der Waals surface area contributed by atoms with Crippen LogP contribution in [-0.4, -0.2) is 28.7 Å². The molecule has 1 N–H and O–H groups in total. The topological polar surface area (TPSA) is 92.8 Å². The molecule has 2 aliphatic rings. The number of hydrogen-bond donors (Lipinski definition) is 1. The Kier molecular flexibility index (Phi) is 6.45. The van der Waals surface area contributed by atoms with Gasteiger partial charge in [0.15, 0.2) is 0 Å². The number of nitrogens with one attached hydrogen (secondary N) is 1. The van der Waals surface area contributed by atoms with Gasteiger partial charge in [0, 0.05) is 15.4 Å². The Morgan fingerprint density at radius 1 is 0.750 bits per heavy atom. The summed E-state index contributed by atoms with van der Waals surface area (Å²) in [6.07, 6.45) is 0.307. The summed E-state index contributed by atoms with van der Waals surface area (Å²) in [6.45, 7) is 0.153. The van der Waals surface area contributed by atoms with Crippen LogP contribution >= 0.6 is 15.9 Å². The summed E-state index contributed by atoms with van der Waals surface area (Å²) in [4.78, 5) is 53.0. The van der Waals surface area contributed by atoms with Gasteiger partial charge in [-0.15, -0.1) is 5.06 Å². The average molecular weight is 543 g/mol. The lowest BCUT2D eigenvalue weighted by Gasteiger charge is -2.26. The highest BCUT2D eigenvalue weighted by Gasteiger charge is 2.34. The zero-order valence-electron chi connectivity index (χ0n) is 18.9. The second-order valence-electron chi connectivity index (χ2n) is 8.20. The average Bonchev–Trinajstić information content (AvgIpc) is 2.89. The van der Waals surface area contributed by atoms with Gasteiger partial charge in [-0.2, -0.15) is 0 Å². The van der Waals surface area contributed by atoms with E-state index in [1.54, 1.807) is 36.4 Å². The molecular weight excluding hydrogens is 524 g/mol. The molecule has 4 aromatic rings. The Labute approximate surface area is 214 Å². The fourth-order valence-electron chi connectivity index (χ4n) is 4.18. The molecule has 6 rings (SSSR count). The summed E-state index contributed by atoms with van der Waals surface area (Å²) in [5, 5.41) is 4.63. The van der Waals surface area contributed by atoms with Crippen LogP contribution in [0.25, 0.3) is 10.8 Å². The first-order valence-corrected chi connectivity index (χ1v) is 11.9. The van der Waals surface area contributed by atoms with Gasteiger partial charge in [-0.3, -0.25) is 29.3 Å². The molecule has 0 aliphatic carbocycles. The third-order valence-corrected chi connectivity index (χ3v) is 6.58. The first-order chi connectivity index (χ1) is 17.4. The van der Waals surface area contributed by atoms with Crippen molar-refractivity contribution in [3.05, 3.63) is 117 Å². The zero-order valence-corrected chi connectivity index (χ0v) is 20.4. The number of halogens is 1. The van der Waals surface area contributed by atoms with Crippen LogP contribution in [0.2, 0.25) is 0 Å². The van der Waals surface area contributed by atoms with Crippen molar-refractivity contribution in [1.82, 2.24) is 10.4 Å². The van der Waals surface area contributed by atoms with Crippen molar-refractivity contribution in [1.29, 1.82) is 0 Å². The number of carbonyl (C=O) groups is 4. The lowest BCUT2D eigenvalue weighted by molar-refractivity contribution is -0.119. The third kappa shape index (κ3) is 4.44. The number of imide groups is 2. The highest BCUT2D eigenvalue weighted by molar-refractivity contribution is 9.10. The molecule has 0 atom stereocenters. The van der Waals surface area contributed by atoms with Crippen LogP contribution in [0, 0.1) is 0 Å². The second kappa shape index (κ2) is 9.85. The normalized spacial score (nSPS) is 14.2. The van der Waals surface area contributed by atoms with E-state index < -0.39 is 11.8 Å². The molecule has 8 heteroatoms. The maximum absolute atomic E-state index is 12.7. The van der Waals surface area contributed by atoms with Gasteiger partial charge in [0.1, 0.15) is 6.61 Å². The smallest absolute Gasteiger partial charge is 0.285 e. The molecule has 0 aromatic heterocycles. The van der Waals surface area contributed by atoms with Gasteiger partial charge in [-0.05, 0) is 40.8 Å². The molecule has 0 fully saturated rings. The minimum absolute atomic E-state index is 0.153. The van der Waals surface area contributed by atoms with Crippen LogP contribution in [0.15, 0.2) is 89.4 Å². The Morgan fingerprint density at radius 2 is 1.42 bits per heavy atom. The second-order valence-corrected chi connectivity index (χ2v) is 9.05. The SMILES string of the molecule is O=C1Cc2ccccc2C(=O)N1.O=C1c2cccc3c(Br)ccc(c23)C(=O)N1OCc1ccccc1. The van der Waals surface area contributed by atoms with Gasteiger partial charge in [0.2, 0.25) is 5.91 Å². The monoisotopic (exact) mass is 542 g/mol. The Balaban J connectivity index is 0.000000186. The van der Waals surface area contributed by atoms with E-state index in [4.69, 9.17) is 4.84 Å². The number of benzene rings is 4. The van der Waals surface area contributed by atoms with Crippen LogP contribution in [0.4, 0.5) is 0 Å². The fourth-order valence-corrected chi connectivity index (χ4v) is 4.64. The summed E-state index contributed by atoms with van der Waals surface area (Å²) in [6, 6.07) is 25.5. The number of hydroxylamine groups is 2. The van der Waals surface area contributed by atoms with E-state index in [1.807, 2.05) is 48.5 Å². The summed E-state index contributed by atoms with van der Waals surface area (Å²) < 4.78 is 0.849. The number of nitrogens with zero attached hydrogens (tertiary/aromatic N) is 1. The van der Waals surface area contributed by atoms with E-state index in [0.29, 0.717) is 28.5 Å². The van der Waals surface area contributed by atoms with Gasteiger partial charge in [0.25, 0.3) is 17.7 Å². The third-order valence-electron chi connectivity index (χ3n) is 5.89. The van der Waals surface area contributed by atoms with Crippen LogP contribution in [0.1, 0.15) is 42.2 Å². The lowest BCUT2D eigenvalue weighted by Crippen LogP contribution is -2.40. The summed E-state index contributed by atoms with van der Waals surface area (Å²) in [5.41, 5.74) is 3.24. The van der Waals surface area contributed by atoms with Crippen molar-refractivity contribution >= 4 is 50.3 Å². The maximum Gasteiger partial charge on any atom is 0.285 e. The van der Waals surface area contributed by atoms with Crippen LogP contribution in [0.5, 0.6) is 0 Å². The van der Waals surface area contributed by atoms with Gasteiger partial charge in [0.05, 0.1) is 17.5 Å². The van der Waals surface area contributed by atoms with Crippen LogP contribution in [0.3, 0.4) is 0 Å². The van der Waals surface area contributed by atoms with Crippen molar-refractivity contribution in [3.8, 4) is 0 Å². The molecule has 0 spiro atoms.